The van der Waals surface area contributed by atoms with E-state index in [4.69, 9.17) is 9.15 Å². The van der Waals surface area contributed by atoms with Crippen molar-refractivity contribution in [2.75, 3.05) is 6.61 Å². The minimum absolute atomic E-state index is 0.145. The third kappa shape index (κ3) is 1.51. The summed E-state index contributed by atoms with van der Waals surface area (Å²) in [6.07, 6.45) is 0. The molecule has 1 aromatic carbocycles. The van der Waals surface area contributed by atoms with Gasteiger partial charge < -0.3 is 18.8 Å². The Labute approximate surface area is 109 Å². The summed E-state index contributed by atoms with van der Waals surface area (Å²) in [6.45, 7) is 1.93. The van der Waals surface area contributed by atoms with Crippen molar-refractivity contribution < 1.29 is 19.1 Å². The van der Waals surface area contributed by atoms with E-state index in [2.05, 4.69) is 0 Å². The molecular weight excluding hydrogens is 246 g/mol. The van der Waals surface area contributed by atoms with Crippen LogP contribution in [-0.4, -0.2) is 22.2 Å². The lowest BCUT2D eigenvalue weighted by molar-refractivity contribution is 0.0488. The second-order valence-corrected chi connectivity index (χ2v) is 4.25. The SMILES string of the molecule is CCOC(=O)c1oc2c3ccccc3n(C)c2c1O. The summed E-state index contributed by atoms with van der Waals surface area (Å²) >= 11 is 0. The Bertz CT molecular complexity index is 782. The molecule has 0 saturated heterocycles. The molecule has 0 radical (unpaired) electrons. The number of nitrogens with zero attached hydrogens (tertiary/aromatic N) is 1. The molecule has 0 aliphatic heterocycles. The molecule has 0 aliphatic carbocycles. The van der Waals surface area contributed by atoms with Crippen LogP contribution in [0.25, 0.3) is 22.0 Å². The smallest absolute Gasteiger partial charge is 0.378 e. The molecule has 0 amide bonds. The van der Waals surface area contributed by atoms with Gasteiger partial charge in [-0.05, 0) is 19.1 Å². The van der Waals surface area contributed by atoms with Crippen LogP contribution in [0.4, 0.5) is 0 Å². The molecule has 0 spiro atoms. The van der Waals surface area contributed by atoms with Crippen molar-refractivity contribution in [3.05, 3.63) is 30.0 Å². The lowest BCUT2D eigenvalue weighted by Gasteiger charge is -2.00. The summed E-state index contributed by atoms with van der Waals surface area (Å²) in [7, 11) is 1.81. The van der Waals surface area contributed by atoms with Crippen molar-refractivity contribution in [1.82, 2.24) is 4.57 Å². The molecule has 5 nitrogen and oxygen atoms in total. The predicted octanol–water partition coefficient (Wildman–Crippen LogP) is 2.81. The summed E-state index contributed by atoms with van der Waals surface area (Å²) in [4.78, 5) is 11.7. The molecule has 98 valence electrons. The maximum absolute atomic E-state index is 11.7. The van der Waals surface area contributed by atoms with Crippen LogP contribution in [0.5, 0.6) is 5.75 Å². The van der Waals surface area contributed by atoms with Gasteiger partial charge in [0.1, 0.15) is 5.52 Å². The van der Waals surface area contributed by atoms with Crippen molar-refractivity contribution in [3.8, 4) is 5.75 Å². The van der Waals surface area contributed by atoms with Crippen LogP contribution in [0.15, 0.2) is 28.7 Å². The number of rotatable bonds is 2. The monoisotopic (exact) mass is 259 g/mol. The van der Waals surface area contributed by atoms with Crippen LogP contribution in [-0.2, 0) is 11.8 Å². The van der Waals surface area contributed by atoms with E-state index in [1.807, 2.05) is 31.3 Å². The van der Waals surface area contributed by atoms with Crippen LogP contribution in [0.3, 0.4) is 0 Å². The zero-order valence-electron chi connectivity index (χ0n) is 10.6. The summed E-state index contributed by atoms with van der Waals surface area (Å²) in [5.41, 5.74) is 1.94. The molecule has 3 aromatic rings. The minimum Gasteiger partial charge on any atom is -0.503 e. The van der Waals surface area contributed by atoms with E-state index >= 15 is 0 Å². The van der Waals surface area contributed by atoms with Crippen molar-refractivity contribution in [1.29, 1.82) is 0 Å². The van der Waals surface area contributed by atoms with Crippen LogP contribution in [0.2, 0.25) is 0 Å². The van der Waals surface area contributed by atoms with E-state index in [1.54, 1.807) is 11.5 Å². The zero-order chi connectivity index (χ0) is 13.6. The summed E-state index contributed by atoms with van der Waals surface area (Å²) < 4.78 is 12.2. The highest BCUT2D eigenvalue weighted by Gasteiger charge is 2.25. The number of furan rings is 1. The number of ether oxygens (including phenoxy) is 1. The van der Waals surface area contributed by atoms with Gasteiger partial charge in [0.2, 0.25) is 0 Å². The van der Waals surface area contributed by atoms with Gasteiger partial charge in [0.15, 0.2) is 11.3 Å². The van der Waals surface area contributed by atoms with Gasteiger partial charge in [0.25, 0.3) is 5.76 Å². The average Bonchev–Trinajstić information content (AvgIpc) is 2.89. The maximum Gasteiger partial charge on any atom is 0.378 e. The molecule has 2 heterocycles. The number of esters is 1. The summed E-state index contributed by atoms with van der Waals surface area (Å²) in [6, 6.07) is 7.60. The van der Waals surface area contributed by atoms with Crippen molar-refractivity contribution >= 4 is 28.0 Å². The molecule has 1 N–H and O–H groups in total. The van der Waals surface area contributed by atoms with E-state index in [0.29, 0.717) is 11.1 Å². The van der Waals surface area contributed by atoms with Gasteiger partial charge in [0, 0.05) is 12.4 Å². The first-order chi connectivity index (χ1) is 9.15. The zero-order valence-corrected chi connectivity index (χ0v) is 10.6. The number of carbonyl (C=O) groups excluding carboxylic acids is 1. The maximum atomic E-state index is 11.7. The van der Waals surface area contributed by atoms with Crippen LogP contribution in [0, 0.1) is 0 Å². The largest absolute Gasteiger partial charge is 0.503 e. The lowest BCUT2D eigenvalue weighted by Crippen LogP contribution is -2.03. The third-order valence-corrected chi connectivity index (χ3v) is 3.16. The number of aromatic hydroxyl groups is 1. The van der Waals surface area contributed by atoms with Crippen molar-refractivity contribution in [3.63, 3.8) is 0 Å². The Morgan fingerprint density at radius 3 is 2.89 bits per heavy atom. The van der Waals surface area contributed by atoms with Gasteiger partial charge in [0.05, 0.1) is 12.1 Å². The van der Waals surface area contributed by atoms with Gasteiger partial charge in [-0.2, -0.15) is 0 Å². The first-order valence-electron chi connectivity index (χ1n) is 6.01. The minimum atomic E-state index is -0.653. The third-order valence-electron chi connectivity index (χ3n) is 3.16. The Morgan fingerprint density at radius 1 is 1.42 bits per heavy atom. The first kappa shape index (κ1) is 11.6. The van der Waals surface area contributed by atoms with E-state index < -0.39 is 5.97 Å². The molecule has 0 fully saturated rings. The molecule has 0 aliphatic rings. The fraction of sp³-hybridized carbons (Fsp3) is 0.214. The Balaban J connectivity index is 2.33. The molecule has 0 atom stereocenters. The fourth-order valence-electron chi connectivity index (χ4n) is 2.32. The highest BCUT2D eigenvalue weighted by molar-refractivity contribution is 6.10. The second kappa shape index (κ2) is 4.05. The normalized spacial score (nSPS) is 11.3. The topological polar surface area (TPSA) is 64.6 Å². The molecule has 5 heteroatoms. The fourth-order valence-corrected chi connectivity index (χ4v) is 2.32. The lowest BCUT2D eigenvalue weighted by atomic mass is 10.2. The van der Waals surface area contributed by atoms with Crippen LogP contribution >= 0.6 is 0 Å². The summed E-state index contributed by atoms with van der Waals surface area (Å²) in [5.74, 6) is -0.972. The second-order valence-electron chi connectivity index (χ2n) is 4.25. The highest BCUT2D eigenvalue weighted by atomic mass is 16.5. The number of hydrogen-bond acceptors (Lipinski definition) is 4. The number of aromatic nitrogens is 1. The molecule has 19 heavy (non-hydrogen) atoms. The van der Waals surface area contributed by atoms with Gasteiger partial charge in [-0.15, -0.1) is 0 Å². The average molecular weight is 259 g/mol. The first-order valence-corrected chi connectivity index (χ1v) is 6.01. The predicted molar refractivity (Wildman–Crippen MR) is 70.3 cm³/mol. The van der Waals surface area contributed by atoms with Gasteiger partial charge in [-0.1, -0.05) is 12.1 Å². The van der Waals surface area contributed by atoms with E-state index in [0.717, 1.165) is 10.9 Å². The molecular formula is C14H13NO4. The molecule has 3 rings (SSSR count). The standard InChI is InChI=1S/C14H13NO4/c1-3-18-14(17)13-11(16)10-12(19-13)8-6-4-5-7-9(8)15(10)2/h4-7,16H,3H2,1-2H3. The van der Waals surface area contributed by atoms with E-state index in [-0.39, 0.29) is 18.1 Å². The summed E-state index contributed by atoms with van der Waals surface area (Å²) in [5, 5.41) is 11.0. The Kier molecular flexibility index (Phi) is 2.48. The number of aryl methyl sites for hydroxylation is 1. The number of carbonyl (C=O) groups is 1. The molecule has 0 unspecified atom stereocenters. The quantitative estimate of drug-likeness (QED) is 0.719. The molecule has 2 aromatic heterocycles. The number of benzene rings is 1. The Hall–Kier alpha value is -2.43. The van der Waals surface area contributed by atoms with E-state index in [1.165, 1.54) is 0 Å². The van der Waals surface area contributed by atoms with Gasteiger partial charge in [-0.25, -0.2) is 4.79 Å². The van der Waals surface area contributed by atoms with Gasteiger partial charge in [-0.3, -0.25) is 0 Å². The highest BCUT2D eigenvalue weighted by Crippen LogP contribution is 2.38. The van der Waals surface area contributed by atoms with Crippen molar-refractivity contribution in [2.24, 2.45) is 7.05 Å². The molecule has 0 saturated carbocycles. The van der Waals surface area contributed by atoms with E-state index in [9.17, 15) is 9.90 Å². The molecule has 0 bridgehead atoms. The number of para-hydroxylation sites is 1. The van der Waals surface area contributed by atoms with Crippen LogP contribution in [0.1, 0.15) is 17.5 Å². The van der Waals surface area contributed by atoms with Gasteiger partial charge >= 0.3 is 5.97 Å². The number of hydrogen-bond donors (Lipinski definition) is 1. The van der Waals surface area contributed by atoms with Crippen molar-refractivity contribution in [2.45, 2.75) is 6.92 Å². The number of fused-ring (bicyclic) bond motifs is 3. The van der Waals surface area contributed by atoms with Crippen LogP contribution < -0.4 is 0 Å². The Morgan fingerprint density at radius 2 is 2.16 bits per heavy atom.